The molecule has 0 aliphatic rings. The van der Waals surface area contributed by atoms with Gasteiger partial charge in [-0.3, -0.25) is 4.40 Å². The van der Waals surface area contributed by atoms with Crippen molar-refractivity contribution < 1.29 is 0 Å². The number of rotatable bonds is 2. The van der Waals surface area contributed by atoms with Crippen LogP contribution in [-0.2, 0) is 6.42 Å². The quantitative estimate of drug-likeness (QED) is 0.812. The summed E-state index contributed by atoms with van der Waals surface area (Å²) in [6, 6.07) is 4.02. The van der Waals surface area contributed by atoms with E-state index >= 15 is 0 Å². The lowest BCUT2D eigenvalue weighted by atomic mass is 10.1. The van der Waals surface area contributed by atoms with E-state index in [9.17, 15) is 0 Å². The molecule has 1 unspecified atom stereocenters. The van der Waals surface area contributed by atoms with Crippen LogP contribution in [0.3, 0.4) is 0 Å². The highest BCUT2D eigenvalue weighted by Gasteiger charge is 2.04. The van der Waals surface area contributed by atoms with Crippen LogP contribution >= 0.6 is 11.6 Å². The number of nitrogens with two attached hydrogens (primary N) is 1. The molecule has 0 saturated heterocycles. The zero-order chi connectivity index (χ0) is 10.1. The molecule has 2 aromatic heterocycles. The van der Waals surface area contributed by atoms with Crippen molar-refractivity contribution in [2.75, 3.05) is 0 Å². The normalized spacial score (nSPS) is 13.4. The summed E-state index contributed by atoms with van der Waals surface area (Å²) >= 11 is 5.84. The third-order valence-corrected chi connectivity index (χ3v) is 2.24. The van der Waals surface area contributed by atoms with Crippen molar-refractivity contribution in [2.45, 2.75) is 19.4 Å². The lowest BCUT2D eigenvalue weighted by Crippen LogP contribution is -2.17. The largest absolute Gasteiger partial charge is 0.328 e. The van der Waals surface area contributed by atoms with Crippen LogP contribution in [0.15, 0.2) is 18.3 Å². The van der Waals surface area contributed by atoms with Gasteiger partial charge in [-0.05, 0) is 36.6 Å². The summed E-state index contributed by atoms with van der Waals surface area (Å²) in [5.74, 6) is 0. The summed E-state index contributed by atoms with van der Waals surface area (Å²) in [4.78, 5) is 0. The standard InChI is InChI=1S/C9H11ClN4/c1-6(11)4-7-2-3-8-12-13-9(10)14(8)5-7/h2-3,5-6H,4,11H2,1H3. The highest BCUT2D eigenvalue weighted by atomic mass is 35.5. The van der Waals surface area contributed by atoms with Crippen molar-refractivity contribution in [1.29, 1.82) is 0 Å². The van der Waals surface area contributed by atoms with E-state index < -0.39 is 0 Å². The molecule has 0 aliphatic carbocycles. The molecule has 0 spiro atoms. The third kappa shape index (κ3) is 1.71. The number of hydrogen-bond donors (Lipinski definition) is 1. The Hall–Kier alpha value is -1.13. The van der Waals surface area contributed by atoms with E-state index in [2.05, 4.69) is 10.2 Å². The maximum atomic E-state index is 5.84. The van der Waals surface area contributed by atoms with Crippen LogP contribution < -0.4 is 5.73 Å². The fourth-order valence-corrected chi connectivity index (χ4v) is 1.57. The first-order valence-electron chi connectivity index (χ1n) is 4.41. The number of fused-ring (bicyclic) bond motifs is 1. The zero-order valence-corrected chi connectivity index (χ0v) is 8.57. The molecule has 0 bridgehead atoms. The Labute approximate surface area is 86.7 Å². The van der Waals surface area contributed by atoms with E-state index in [1.807, 2.05) is 25.3 Å². The van der Waals surface area contributed by atoms with Crippen molar-refractivity contribution in [2.24, 2.45) is 5.73 Å². The molecular weight excluding hydrogens is 200 g/mol. The van der Waals surface area contributed by atoms with Gasteiger partial charge >= 0.3 is 0 Å². The second-order valence-corrected chi connectivity index (χ2v) is 3.75. The molecule has 0 fully saturated rings. The Morgan fingerprint density at radius 1 is 1.50 bits per heavy atom. The molecule has 0 saturated carbocycles. The van der Waals surface area contributed by atoms with Gasteiger partial charge in [0, 0.05) is 12.2 Å². The Balaban J connectivity index is 2.44. The Morgan fingerprint density at radius 3 is 3.00 bits per heavy atom. The second-order valence-electron chi connectivity index (χ2n) is 3.42. The van der Waals surface area contributed by atoms with Gasteiger partial charge in [0.2, 0.25) is 5.28 Å². The van der Waals surface area contributed by atoms with Gasteiger partial charge in [0.15, 0.2) is 5.65 Å². The van der Waals surface area contributed by atoms with E-state index in [1.165, 1.54) is 0 Å². The van der Waals surface area contributed by atoms with Crippen LogP contribution in [-0.4, -0.2) is 20.6 Å². The van der Waals surface area contributed by atoms with Gasteiger partial charge in [-0.15, -0.1) is 10.2 Å². The van der Waals surface area contributed by atoms with Crippen molar-refractivity contribution in [3.8, 4) is 0 Å². The Morgan fingerprint density at radius 2 is 2.29 bits per heavy atom. The van der Waals surface area contributed by atoms with Gasteiger partial charge < -0.3 is 5.73 Å². The first-order chi connectivity index (χ1) is 6.66. The predicted octanol–water partition coefficient (Wildman–Crippen LogP) is 1.27. The number of pyridine rings is 1. The lowest BCUT2D eigenvalue weighted by molar-refractivity contribution is 0.734. The van der Waals surface area contributed by atoms with Crippen molar-refractivity contribution >= 4 is 17.2 Å². The minimum atomic E-state index is 0.141. The smallest absolute Gasteiger partial charge is 0.229 e. The minimum absolute atomic E-state index is 0.141. The van der Waals surface area contributed by atoms with Crippen LogP contribution in [0.1, 0.15) is 12.5 Å². The molecule has 0 radical (unpaired) electrons. The fraction of sp³-hybridized carbons (Fsp3) is 0.333. The molecule has 2 rings (SSSR count). The van der Waals surface area contributed by atoms with E-state index in [0.717, 1.165) is 17.6 Å². The van der Waals surface area contributed by atoms with Gasteiger partial charge in [0.05, 0.1) is 0 Å². The minimum Gasteiger partial charge on any atom is -0.328 e. The van der Waals surface area contributed by atoms with Gasteiger partial charge in [-0.25, -0.2) is 0 Å². The molecule has 74 valence electrons. The molecule has 1 atom stereocenters. The van der Waals surface area contributed by atoms with Gasteiger partial charge in [0.1, 0.15) is 0 Å². The molecule has 0 aliphatic heterocycles. The van der Waals surface area contributed by atoms with Crippen LogP contribution in [0.25, 0.3) is 5.65 Å². The topological polar surface area (TPSA) is 56.2 Å². The predicted molar refractivity (Wildman–Crippen MR) is 55.4 cm³/mol. The molecule has 0 aromatic carbocycles. The molecule has 0 amide bonds. The van der Waals surface area contributed by atoms with Crippen LogP contribution in [0, 0.1) is 0 Å². The second kappa shape index (κ2) is 3.55. The van der Waals surface area contributed by atoms with E-state index in [-0.39, 0.29) is 6.04 Å². The highest BCUT2D eigenvalue weighted by molar-refractivity contribution is 6.28. The fourth-order valence-electron chi connectivity index (χ4n) is 1.40. The molecule has 2 N–H and O–H groups in total. The molecule has 2 heterocycles. The SMILES string of the molecule is CC(N)Cc1ccc2nnc(Cl)n2c1. The maximum Gasteiger partial charge on any atom is 0.229 e. The first kappa shape index (κ1) is 9.43. The highest BCUT2D eigenvalue weighted by Crippen LogP contribution is 2.11. The van der Waals surface area contributed by atoms with E-state index in [1.54, 1.807) is 4.40 Å². The van der Waals surface area contributed by atoms with Gasteiger partial charge in [-0.1, -0.05) is 6.07 Å². The molecular formula is C9H11ClN4. The van der Waals surface area contributed by atoms with Gasteiger partial charge in [-0.2, -0.15) is 0 Å². The molecule has 5 heteroatoms. The number of halogens is 1. The summed E-state index contributed by atoms with van der Waals surface area (Å²) in [7, 11) is 0. The zero-order valence-electron chi connectivity index (χ0n) is 7.81. The summed E-state index contributed by atoms with van der Waals surface area (Å²) in [6.07, 6.45) is 2.74. The average molecular weight is 211 g/mol. The van der Waals surface area contributed by atoms with Gasteiger partial charge in [0.25, 0.3) is 0 Å². The summed E-state index contributed by atoms with van der Waals surface area (Å²) in [6.45, 7) is 1.97. The van der Waals surface area contributed by atoms with Crippen molar-refractivity contribution in [3.63, 3.8) is 0 Å². The summed E-state index contributed by atoms with van der Waals surface area (Å²) < 4.78 is 1.75. The van der Waals surface area contributed by atoms with Crippen molar-refractivity contribution in [1.82, 2.24) is 14.6 Å². The lowest BCUT2D eigenvalue weighted by Gasteiger charge is -2.05. The Bertz CT molecular complexity index is 449. The third-order valence-electron chi connectivity index (χ3n) is 1.98. The van der Waals surface area contributed by atoms with E-state index in [4.69, 9.17) is 17.3 Å². The summed E-state index contributed by atoms with van der Waals surface area (Å²) in [5, 5.41) is 8.03. The first-order valence-corrected chi connectivity index (χ1v) is 4.79. The van der Waals surface area contributed by atoms with E-state index in [0.29, 0.717) is 5.28 Å². The van der Waals surface area contributed by atoms with Crippen LogP contribution in [0.5, 0.6) is 0 Å². The van der Waals surface area contributed by atoms with Crippen LogP contribution in [0.2, 0.25) is 5.28 Å². The number of aromatic nitrogens is 3. The summed E-state index contributed by atoms with van der Waals surface area (Å²) in [5.41, 5.74) is 7.60. The number of hydrogen-bond acceptors (Lipinski definition) is 3. The number of nitrogens with zero attached hydrogens (tertiary/aromatic N) is 3. The Kier molecular flexibility index (Phi) is 2.39. The van der Waals surface area contributed by atoms with Crippen LogP contribution in [0.4, 0.5) is 0 Å². The molecule has 2 aromatic rings. The van der Waals surface area contributed by atoms with Crippen molar-refractivity contribution in [3.05, 3.63) is 29.2 Å². The molecule has 14 heavy (non-hydrogen) atoms. The average Bonchev–Trinajstić information content (AvgIpc) is 2.47. The maximum absolute atomic E-state index is 5.84. The molecule has 4 nitrogen and oxygen atoms in total. The monoisotopic (exact) mass is 210 g/mol.